The SMILES string of the molecule is COc1ccc(-c2cnc3c(c2)C(=O)N([C@@H](C)CO)C[C@@H](C)[C@H](CN(C)Cc2cccnc2)O3)cc1. The zero-order chi connectivity index (χ0) is 25.7. The number of aliphatic hydroxyl groups excluding tert-OH is 1. The predicted octanol–water partition coefficient (Wildman–Crippen LogP) is 3.50. The van der Waals surface area contributed by atoms with Gasteiger partial charge in [0.25, 0.3) is 5.91 Å². The molecule has 0 unspecified atom stereocenters. The largest absolute Gasteiger partial charge is 0.497 e. The second kappa shape index (κ2) is 11.5. The molecule has 0 bridgehead atoms. The fourth-order valence-corrected chi connectivity index (χ4v) is 4.44. The fraction of sp³-hybridized carbons (Fsp3) is 0.393. The van der Waals surface area contributed by atoms with Crippen LogP contribution in [0.25, 0.3) is 11.1 Å². The van der Waals surface area contributed by atoms with E-state index in [1.165, 1.54) is 0 Å². The number of ether oxygens (including phenoxy) is 2. The molecule has 8 heteroatoms. The normalized spacial score (nSPS) is 18.7. The number of carbonyl (C=O) groups is 1. The smallest absolute Gasteiger partial charge is 0.259 e. The van der Waals surface area contributed by atoms with Crippen molar-refractivity contribution in [2.24, 2.45) is 5.92 Å². The highest BCUT2D eigenvalue weighted by Gasteiger charge is 2.34. The first kappa shape index (κ1) is 25.6. The summed E-state index contributed by atoms with van der Waals surface area (Å²) in [6.45, 7) is 5.66. The fourth-order valence-electron chi connectivity index (χ4n) is 4.44. The van der Waals surface area contributed by atoms with Gasteiger partial charge in [0.1, 0.15) is 17.4 Å². The third-order valence-corrected chi connectivity index (χ3v) is 6.61. The molecule has 1 N–H and O–H groups in total. The molecule has 0 saturated carbocycles. The van der Waals surface area contributed by atoms with Crippen LogP contribution in [0, 0.1) is 5.92 Å². The molecule has 36 heavy (non-hydrogen) atoms. The Morgan fingerprint density at radius 2 is 2.00 bits per heavy atom. The molecule has 8 nitrogen and oxygen atoms in total. The van der Waals surface area contributed by atoms with Crippen molar-refractivity contribution in [2.75, 3.05) is 33.9 Å². The van der Waals surface area contributed by atoms with Crippen molar-refractivity contribution in [3.63, 3.8) is 0 Å². The lowest BCUT2D eigenvalue weighted by Crippen LogP contribution is -2.49. The van der Waals surface area contributed by atoms with Gasteiger partial charge in [-0.25, -0.2) is 4.98 Å². The highest BCUT2D eigenvalue weighted by Crippen LogP contribution is 2.31. The van der Waals surface area contributed by atoms with Crippen molar-refractivity contribution in [2.45, 2.75) is 32.5 Å². The first-order chi connectivity index (χ1) is 17.4. The van der Waals surface area contributed by atoms with Crippen LogP contribution in [-0.4, -0.2) is 76.8 Å². The molecule has 0 saturated heterocycles. The second-order valence-electron chi connectivity index (χ2n) is 9.49. The van der Waals surface area contributed by atoms with E-state index < -0.39 is 0 Å². The van der Waals surface area contributed by atoms with E-state index in [2.05, 4.69) is 21.8 Å². The Morgan fingerprint density at radius 1 is 1.22 bits per heavy atom. The van der Waals surface area contributed by atoms with Gasteiger partial charge in [-0.1, -0.05) is 25.1 Å². The molecule has 0 radical (unpaired) electrons. The topological polar surface area (TPSA) is 88.0 Å². The van der Waals surface area contributed by atoms with E-state index in [1.807, 2.05) is 62.6 Å². The number of aliphatic hydroxyl groups is 1. The minimum absolute atomic E-state index is 0.0236. The molecular formula is C28H34N4O4. The molecule has 1 aromatic carbocycles. The van der Waals surface area contributed by atoms with Crippen molar-refractivity contribution in [1.82, 2.24) is 19.8 Å². The number of methoxy groups -OCH3 is 1. The van der Waals surface area contributed by atoms with Gasteiger partial charge < -0.3 is 19.5 Å². The summed E-state index contributed by atoms with van der Waals surface area (Å²) in [7, 11) is 3.67. The van der Waals surface area contributed by atoms with E-state index in [4.69, 9.17) is 9.47 Å². The number of aromatic nitrogens is 2. The van der Waals surface area contributed by atoms with E-state index in [0.717, 1.165) is 29.0 Å². The number of hydrogen-bond acceptors (Lipinski definition) is 7. The van der Waals surface area contributed by atoms with Crippen LogP contribution in [0.5, 0.6) is 11.6 Å². The average molecular weight is 491 g/mol. The number of fused-ring (bicyclic) bond motifs is 1. The summed E-state index contributed by atoms with van der Waals surface area (Å²) in [5, 5.41) is 9.89. The number of amides is 1. The lowest BCUT2D eigenvalue weighted by molar-refractivity contribution is 0.0325. The van der Waals surface area contributed by atoms with Gasteiger partial charge in [0.15, 0.2) is 0 Å². The Balaban J connectivity index is 1.65. The van der Waals surface area contributed by atoms with Gasteiger partial charge in [0.05, 0.1) is 19.8 Å². The van der Waals surface area contributed by atoms with Crippen LogP contribution >= 0.6 is 0 Å². The molecule has 0 fully saturated rings. The van der Waals surface area contributed by atoms with Crippen LogP contribution in [0.1, 0.15) is 29.8 Å². The molecule has 3 heterocycles. The molecule has 2 aromatic heterocycles. The lowest BCUT2D eigenvalue weighted by atomic mass is 9.99. The second-order valence-corrected chi connectivity index (χ2v) is 9.49. The molecule has 1 aliphatic heterocycles. The van der Waals surface area contributed by atoms with Gasteiger partial charge in [0.2, 0.25) is 5.88 Å². The maximum atomic E-state index is 13.6. The van der Waals surface area contributed by atoms with Crippen molar-refractivity contribution < 1.29 is 19.4 Å². The Labute approximate surface area is 212 Å². The number of benzene rings is 1. The van der Waals surface area contributed by atoms with Gasteiger partial charge in [0, 0.05) is 49.7 Å². The molecule has 190 valence electrons. The van der Waals surface area contributed by atoms with E-state index in [-0.39, 0.29) is 30.6 Å². The number of hydrogen-bond donors (Lipinski definition) is 1. The van der Waals surface area contributed by atoms with Crippen LogP contribution in [0.4, 0.5) is 0 Å². The summed E-state index contributed by atoms with van der Waals surface area (Å²) in [6, 6.07) is 13.1. The first-order valence-corrected chi connectivity index (χ1v) is 12.2. The molecule has 0 aliphatic carbocycles. The van der Waals surface area contributed by atoms with Gasteiger partial charge in [-0.15, -0.1) is 0 Å². The van der Waals surface area contributed by atoms with Gasteiger partial charge >= 0.3 is 0 Å². The van der Waals surface area contributed by atoms with Crippen molar-refractivity contribution in [1.29, 1.82) is 0 Å². The maximum absolute atomic E-state index is 13.6. The van der Waals surface area contributed by atoms with Gasteiger partial charge in [-0.2, -0.15) is 0 Å². The van der Waals surface area contributed by atoms with E-state index >= 15 is 0 Å². The third-order valence-electron chi connectivity index (χ3n) is 6.61. The van der Waals surface area contributed by atoms with Crippen LogP contribution in [0.15, 0.2) is 61.1 Å². The summed E-state index contributed by atoms with van der Waals surface area (Å²) < 4.78 is 11.7. The highest BCUT2D eigenvalue weighted by atomic mass is 16.5. The molecule has 0 spiro atoms. The van der Waals surface area contributed by atoms with E-state index in [0.29, 0.717) is 24.5 Å². The van der Waals surface area contributed by atoms with Crippen LogP contribution in [-0.2, 0) is 6.54 Å². The molecule has 3 aromatic rings. The zero-order valence-corrected chi connectivity index (χ0v) is 21.3. The molecule has 1 amide bonds. The minimum atomic E-state index is -0.329. The summed E-state index contributed by atoms with van der Waals surface area (Å²) in [5.41, 5.74) is 3.25. The van der Waals surface area contributed by atoms with Gasteiger partial charge in [-0.3, -0.25) is 14.7 Å². The molecular weight excluding hydrogens is 456 g/mol. The van der Waals surface area contributed by atoms with E-state index in [1.54, 1.807) is 24.4 Å². The standard InChI is InChI=1S/C28H34N4O4/c1-19-15-32(20(2)18-33)28(34)25-12-23(22-7-9-24(35-4)10-8-22)14-30-27(25)36-26(19)17-31(3)16-21-6-5-11-29-13-21/h5-14,19-20,26,33H,15-18H2,1-4H3/t19-,20+,26+/m1/s1. The first-order valence-electron chi connectivity index (χ1n) is 12.2. The van der Waals surface area contributed by atoms with Gasteiger partial charge in [-0.05, 0) is 49.4 Å². The number of likely N-dealkylation sites (N-methyl/N-ethyl adjacent to an activating group) is 1. The van der Waals surface area contributed by atoms with Crippen LogP contribution in [0.2, 0.25) is 0 Å². The molecule has 1 aliphatic rings. The Hall–Kier alpha value is -3.49. The third kappa shape index (κ3) is 5.83. The minimum Gasteiger partial charge on any atom is -0.497 e. The summed E-state index contributed by atoms with van der Waals surface area (Å²) in [5.74, 6) is 0.908. The molecule has 3 atom stereocenters. The monoisotopic (exact) mass is 490 g/mol. The van der Waals surface area contributed by atoms with E-state index in [9.17, 15) is 9.90 Å². The average Bonchev–Trinajstić information content (AvgIpc) is 2.90. The van der Waals surface area contributed by atoms with Crippen molar-refractivity contribution >= 4 is 5.91 Å². The number of nitrogens with zero attached hydrogens (tertiary/aromatic N) is 4. The zero-order valence-electron chi connectivity index (χ0n) is 21.3. The Bertz CT molecular complexity index is 1160. The van der Waals surface area contributed by atoms with Crippen molar-refractivity contribution in [3.05, 3.63) is 72.2 Å². The van der Waals surface area contributed by atoms with Crippen molar-refractivity contribution in [3.8, 4) is 22.8 Å². The Morgan fingerprint density at radius 3 is 2.67 bits per heavy atom. The number of rotatable bonds is 8. The molecule has 4 rings (SSSR count). The number of pyridine rings is 2. The predicted molar refractivity (Wildman–Crippen MR) is 138 cm³/mol. The maximum Gasteiger partial charge on any atom is 0.259 e. The summed E-state index contributed by atoms with van der Waals surface area (Å²) >= 11 is 0. The Kier molecular flexibility index (Phi) is 8.18. The highest BCUT2D eigenvalue weighted by molar-refractivity contribution is 5.98. The number of carbonyl (C=O) groups excluding carboxylic acids is 1. The quantitative estimate of drug-likeness (QED) is 0.517. The lowest BCUT2D eigenvalue weighted by Gasteiger charge is -2.37. The summed E-state index contributed by atoms with van der Waals surface area (Å²) in [4.78, 5) is 26.4. The van der Waals surface area contributed by atoms with Crippen LogP contribution < -0.4 is 9.47 Å². The van der Waals surface area contributed by atoms with Crippen LogP contribution in [0.3, 0.4) is 0 Å². The summed E-state index contributed by atoms with van der Waals surface area (Å²) in [6.07, 6.45) is 5.16.